The van der Waals surface area contributed by atoms with Crippen LogP contribution < -0.4 is 10.2 Å². The second kappa shape index (κ2) is 9.47. The van der Waals surface area contributed by atoms with E-state index < -0.39 is 0 Å². The maximum atomic E-state index is 12.1. The van der Waals surface area contributed by atoms with Crippen molar-refractivity contribution in [1.82, 2.24) is 20.4 Å². The summed E-state index contributed by atoms with van der Waals surface area (Å²) in [6, 6.07) is 25.1. The van der Waals surface area contributed by atoms with E-state index in [1.165, 1.54) is 0 Å². The van der Waals surface area contributed by atoms with Crippen LogP contribution in [0.3, 0.4) is 0 Å². The van der Waals surface area contributed by atoms with Gasteiger partial charge in [-0.1, -0.05) is 59.8 Å². The largest absolute Gasteiger partial charge is 0.488 e. The number of benzene rings is 3. The van der Waals surface area contributed by atoms with Crippen LogP contribution in [0, 0.1) is 0 Å². The van der Waals surface area contributed by atoms with E-state index in [9.17, 15) is 4.79 Å². The van der Waals surface area contributed by atoms with Crippen LogP contribution in [-0.2, 0) is 17.9 Å². The van der Waals surface area contributed by atoms with Crippen molar-refractivity contribution in [1.29, 1.82) is 0 Å². The molecule has 0 saturated heterocycles. The van der Waals surface area contributed by atoms with Crippen molar-refractivity contribution in [2.75, 3.05) is 0 Å². The molecule has 0 fully saturated rings. The van der Waals surface area contributed by atoms with Gasteiger partial charge < -0.3 is 4.74 Å². The van der Waals surface area contributed by atoms with Gasteiger partial charge in [-0.15, -0.1) is 5.10 Å². The lowest BCUT2D eigenvalue weighted by Crippen LogP contribution is -2.19. The minimum Gasteiger partial charge on any atom is -0.488 e. The molecule has 0 bridgehead atoms. The van der Waals surface area contributed by atoms with E-state index in [4.69, 9.17) is 4.74 Å². The second-order valence-corrected chi connectivity index (χ2v) is 6.66. The Kier molecular flexibility index (Phi) is 6.10. The third-order valence-corrected chi connectivity index (χ3v) is 4.52. The van der Waals surface area contributed by atoms with Crippen molar-refractivity contribution in [3.8, 4) is 5.75 Å². The zero-order valence-electron chi connectivity index (χ0n) is 16.3. The zero-order valence-corrected chi connectivity index (χ0v) is 16.3. The molecule has 0 aliphatic carbocycles. The Morgan fingerprint density at radius 3 is 2.67 bits per heavy atom. The van der Waals surface area contributed by atoms with Crippen molar-refractivity contribution in [3.63, 3.8) is 0 Å². The first-order chi connectivity index (χ1) is 14.8. The van der Waals surface area contributed by atoms with Gasteiger partial charge in [0.2, 0.25) is 5.91 Å². The number of aromatic nitrogens is 3. The molecular formula is C23H21N5O2. The fourth-order valence-corrected chi connectivity index (χ4v) is 2.97. The molecule has 0 saturated carbocycles. The monoisotopic (exact) mass is 399 g/mol. The van der Waals surface area contributed by atoms with Crippen molar-refractivity contribution in [2.45, 2.75) is 19.6 Å². The number of ether oxygens (including phenoxy) is 1. The number of rotatable bonds is 8. The lowest BCUT2D eigenvalue weighted by Gasteiger charge is -2.09. The number of hydrogen-bond donors (Lipinski definition) is 1. The Morgan fingerprint density at radius 1 is 1.00 bits per heavy atom. The van der Waals surface area contributed by atoms with Crippen LogP contribution >= 0.6 is 0 Å². The molecule has 4 rings (SSSR count). The highest BCUT2D eigenvalue weighted by Crippen LogP contribution is 2.17. The number of fused-ring (bicyclic) bond motifs is 1. The lowest BCUT2D eigenvalue weighted by molar-refractivity contribution is -0.121. The van der Waals surface area contributed by atoms with Crippen LogP contribution in [-0.4, -0.2) is 27.1 Å². The Balaban J connectivity index is 1.31. The molecule has 0 aliphatic heterocycles. The van der Waals surface area contributed by atoms with E-state index in [-0.39, 0.29) is 12.3 Å². The molecule has 0 radical (unpaired) electrons. The smallest absolute Gasteiger partial charge is 0.241 e. The van der Waals surface area contributed by atoms with Crippen LogP contribution in [0.2, 0.25) is 0 Å². The van der Waals surface area contributed by atoms with E-state index in [0.717, 1.165) is 22.2 Å². The SMILES string of the molecule is O=C(CCn1nnc2ccccc21)N/N=C\c1ccccc1OCc1ccccc1. The molecule has 7 nitrogen and oxygen atoms in total. The molecule has 30 heavy (non-hydrogen) atoms. The summed E-state index contributed by atoms with van der Waals surface area (Å²) < 4.78 is 7.61. The number of carbonyl (C=O) groups excluding carboxylic acids is 1. The first-order valence-corrected chi connectivity index (χ1v) is 9.65. The lowest BCUT2D eigenvalue weighted by atomic mass is 10.2. The highest BCUT2D eigenvalue weighted by Gasteiger charge is 2.06. The molecule has 0 aliphatic rings. The van der Waals surface area contributed by atoms with E-state index >= 15 is 0 Å². The van der Waals surface area contributed by atoms with Crippen LogP contribution in [0.15, 0.2) is 84.0 Å². The molecule has 1 aromatic heterocycles. The summed E-state index contributed by atoms with van der Waals surface area (Å²) in [5.74, 6) is 0.502. The molecule has 0 spiro atoms. The zero-order chi connectivity index (χ0) is 20.6. The number of nitrogens with zero attached hydrogens (tertiary/aromatic N) is 4. The summed E-state index contributed by atoms with van der Waals surface area (Å²) in [5, 5.41) is 12.2. The number of hydrogen-bond acceptors (Lipinski definition) is 5. The summed E-state index contributed by atoms with van der Waals surface area (Å²) in [4.78, 5) is 12.1. The van der Waals surface area contributed by atoms with E-state index in [0.29, 0.717) is 18.9 Å². The second-order valence-electron chi connectivity index (χ2n) is 6.66. The summed E-state index contributed by atoms with van der Waals surface area (Å²) >= 11 is 0. The molecule has 7 heteroatoms. The van der Waals surface area contributed by atoms with Gasteiger partial charge in [-0.05, 0) is 29.8 Å². The summed E-state index contributed by atoms with van der Waals surface area (Å²) in [6.07, 6.45) is 1.83. The van der Waals surface area contributed by atoms with Gasteiger partial charge >= 0.3 is 0 Å². The molecule has 150 valence electrons. The van der Waals surface area contributed by atoms with Crippen molar-refractivity contribution < 1.29 is 9.53 Å². The third-order valence-electron chi connectivity index (χ3n) is 4.52. The predicted molar refractivity (Wildman–Crippen MR) is 115 cm³/mol. The number of carbonyl (C=O) groups is 1. The van der Waals surface area contributed by atoms with Gasteiger partial charge in [-0.2, -0.15) is 5.10 Å². The quantitative estimate of drug-likeness (QED) is 0.363. The van der Waals surface area contributed by atoms with Gasteiger partial charge in [0.1, 0.15) is 17.9 Å². The molecule has 1 N–H and O–H groups in total. The first-order valence-electron chi connectivity index (χ1n) is 9.65. The fourth-order valence-electron chi connectivity index (χ4n) is 2.97. The van der Waals surface area contributed by atoms with Gasteiger partial charge in [-0.3, -0.25) is 4.79 Å². The van der Waals surface area contributed by atoms with Gasteiger partial charge in [0.25, 0.3) is 0 Å². The molecule has 0 unspecified atom stereocenters. The third kappa shape index (κ3) is 4.88. The normalized spacial score (nSPS) is 11.1. The summed E-state index contributed by atoms with van der Waals surface area (Å²) in [6.45, 7) is 0.891. The fraction of sp³-hybridized carbons (Fsp3) is 0.130. The Bertz CT molecular complexity index is 1150. The number of hydrazone groups is 1. The Hall–Kier alpha value is -4.00. The Labute approximate surface area is 174 Å². The molecule has 0 atom stereocenters. The summed E-state index contributed by atoms with van der Waals surface area (Å²) in [7, 11) is 0. The van der Waals surface area contributed by atoms with Gasteiger partial charge in [-0.25, -0.2) is 10.1 Å². The molecule has 1 heterocycles. The topological polar surface area (TPSA) is 81.4 Å². The van der Waals surface area contributed by atoms with E-state index in [1.54, 1.807) is 10.9 Å². The average Bonchev–Trinajstić information content (AvgIpc) is 3.21. The number of aryl methyl sites for hydroxylation is 1. The highest BCUT2D eigenvalue weighted by molar-refractivity contribution is 5.85. The maximum Gasteiger partial charge on any atom is 0.241 e. The van der Waals surface area contributed by atoms with E-state index in [1.807, 2.05) is 78.9 Å². The minimum atomic E-state index is -0.200. The van der Waals surface area contributed by atoms with Crippen LogP contribution in [0.1, 0.15) is 17.5 Å². The van der Waals surface area contributed by atoms with Crippen LogP contribution in [0.4, 0.5) is 0 Å². The standard InChI is InChI=1S/C23H21N5O2/c29-23(14-15-28-21-12-6-5-11-20(21)25-27-28)26-24-16-19-10-4-7-13-22(19)30-17-18-8-2-1-3-9-18/h1-13,16H,14-15,17H2,(H,26,29)/b24-16-. The average molecular weight is 399 g/mol. The number of nitrogens with one attached hydrogen (secondary N) is 1. The minimum absolute atomic E-state index is 0.200. The molecule has 4 aromatic rings. The van der Waals surface area contributed by atoms with Gasteiger partial charge in [0.05, 0.1) is 18.3 Å². The molecule has 3 aromatic carbocycles. The highest BCUT2D eigenvalue weighted by atomic mass is 16.5. The number of para-hydroxylation sites is 2. The van der Waals surface area contributed by atoms with Crippen molar-refractivity contribution in [3.05, 3.63) is 90.0 Å². The molecule has 1 amide bonds. The summed E-state index contributed by atoms with van der Waals surface area (Å²) in [5.41, 5.74) is 6.14. The Morgan fingerprint density at radius 2 is 1.77 bits per heavy atom. The van der Waals surface area contributed by atoms with E-state index in [2.05, 4.69) is 20.8 Å². The predicted octanol–water partition coefficient (Wildman–Crippen LogP) is 3.55. The van der Waals surface area contributed by atoms with Crippen molar-refractivity contribution in [2.24, 2.45) is 5.10 Å². The maximum absolute atomic E-state index is 12.1. The van der Waals surface area contributed by atoms with Crippen molar-refractivity contribution >= 4 is 23.2 Å². The number of amides is 1. The van der Waals surface area contributed by atoms with Gasteiger partial charge in [0, 0.05) is 12.0 Å². The van der Waals surface area contributed by atoms with Gasteiger partial charge in [0.15, 0.2) is 0 Å². The van der Waals surface area contributed by atoms with Crippen LogP contribution in [0.5, 0.6) is 5.75 Å². The first kappa shape index (κ1) is 19.3. The van der Waals surface area contributed by atoms with Crippen LogP contribution in [0.25, 0.3) is 11.0 Å². The molecular weight excluding hydrogens is 378 g/mol.